The molecule has 5 nitrogen and oxygen atoms in total. The molecule has 7 heteroatoms. The van der Waals surface area contributed by atoms with Crippen LogP contribution in [-0.2, 0) is 9.53 Å². The van der Waals surface area contributed by atoms with Crippen LogP contribution in [0.3, 0.4) is 0 Å². The van der Waals surface area contributed by atoms with Crippen molar-refractivity contribution in [2.75, 3.05) is 23.4 Å². The maximum atomic E-state index is 11.9. The predicted molar refractivity (Wildman–Crippen MR) is 91.0 cm³/mol. The van der Waals surface area contributed by atoms with Crippen molar-refractivity contribution in [2.45, 2.75) is 13.1 Å². The molecule has 1 aliphatic heterocycles. The number of halogens is 2. The van der Waals surface area contributed by atoms with Crippen molar-refractivity contribution >= 4 is 40.7 Å². The highest BCUT2D eigenvalue weighted by molar-refractivity contribution is 6.42. The fourth-order valence-electron chi connectivity index (χ4n) is 2.55. The summed E-state index contributed by atoms with van der Waals surface area (Å²) in [6.45, 7) is 2.24. The summed E-state index contributed by atoms with van der Waals surface area (Å²) in [6, 6.07) is 9.13. The monoisotopic (exact) mass is 351 g/mol. The number of nitrogens with zero attached hydrogens (tertiary/aromatic N) is 2. The molecule has 0 bridgehead atoms. The molecule has 0 spiro atoms. The van der Waals surface area contributed by atoms with Crippen LogP contribution in [-0.4, -0.2) is 24.1 Å². The number of hydrogen-bond acceptors (Lipinski definition) is 5. The van der Waals surface area contributed by atoms with Crippen molar-refractivity contribution in [3.05, 3.63) is 52.1 Å². The third-order valence-electron chi connectivity index (χ3n) is 3.55. The molecule has 3 rings (SSSR count). The highest BCUT2D eigenvalue weighted by Gasteiger charge is 2.32. The van der Waals surface area contributed by atoms with Crippen LogP contribution in [0.4, 0.5) is 11.5 Å². The van der Waals surface area contributed by atoms with E-state index >= 15 is 0 Å². The number of esters is 1. The second-order valence-electron chi connectivity index (χ2n) is 5.02. The molecule has 0 amide bonds. The normalized spacial score (nSPS) is 16.0. The van der Waals surface area contributed by atoms with Crippen molar-refractivity contribution < 1.29 is 9.53 Å². The lowest BCUT2D eigenvalue weighted by Gasteiger charge is -2.26. The number of anilines is 2. The van der Waals surface area contributed by atoms with Crippen molar-refractivity contribution in [1.29, 1.82) is 0 Å². The number of carbonyl (C=O) groups excluding carboxylic acids is 1. The molecule has 1 atom stereocenters. The van der Waals surface area contributed by atoms with Gasteiger partial charge in [-0.15, -0.1) is 0 Å². The van der Waals surface area contributed by atoms with Gasteiger partial charge in [-0.25, -0.2) is 4.98 Å². The highest BCUT2D eigenvalue weighted by Crippen LogP contribution is 2.40. The van der Waals surface area contributed by atoms with Crippen LogP contribution in [0.25, 0.3) is 0 Å². The molecular formula is C16H15Cl2N3O2. The molecule has 0 fully saturated rings. The van der Waals surface area contributed by atoms with Gasteiger partial charge in [-0.05, 0) is 36.8 Å². The standard InChI is InChI=1S/C16H15Cl2N3O2/c1-2-23-14(22)9-21-13-4-3-7-19-15(13)20-16(21)10-5-6-11(17)12(18)8-10/h3-8,16H,2,9H2,1H3,(H,19,20). The second kappa shape index (κ2) is 6.64. The molecule has 0 aliphatic carbocycles. The number of nitrogens with one attached hydrogen (secondary N) is 1. The van der Waals surface area contributed by atoms with E-state index in [9.17, 15) is 4.79 Å². The Morgan fingerprint density at radius 2 is 2.17 bits per heavy atom. The van der Waals surface area contributed by atoms with Crippen LogP contribution in [0.15, 0.2) is 36.5 Å². The molecule has 2 aromatic rings. The van der Waals surface area contributed by atoms with Gasteiger partial charge in [-0.3, -0.25) is 4.79 Å². The first-order valence-electron chi connectivity index (χ1n) is 7.19. The third kappa shape index (κ3) is 3.21. The average molecular weight is 352 g/mol. The summed E-state index contributed by atoms with van der Waals surface area (Å²) in [5.41, 5.74) is 1.73. The van der Waals surface area contributed by atoms with Gasteiger partial charge in [0.25, 0.3) is 0 Å². The van der Waals surface area contributed by atoms with E-state index < -0.39 is 0 Å². The van der Waals surface area contributed by atoms with Gasteiger partial charge in [-0.1, -0.05) is 29.3 Å². The van der Waals surface area contributed by atoms with Crippen LogP contribution >= 0.6 is 23.2 Å². The number of fused-ring (bicyclic) bond motifs is 1. The Balaban J connectivity index is 1.95. The van der Waals surface area contributed by atoms with Crippen molar-refractivity contribution in [2.24, 2.45) is 0 Å². The lowest BCUT2D eigenvalue weighted by Crippen LogP contribution is -2.34. The summed E-state index contributed by atoms with van der Waals surface area (Å²) in [6.07, 6.45) is 1.44. The Morgan fingerprint density at radius 1 is 1.35 bits per heavy atom. The lowest BCUT2D eigenvalue weighted by molar-refractivity contribution is -0.141. The maximum absolute atomic E-state index is 11.9. The third-order valence-corrected chi connectivity index (χ3v) is 4.28. The highest BCUT2D eigenvalue weighted by atomic mass is 35.5. The largest absolute Gasteiger partial charge is 0.465 e. The van der Waals surface area contributed by atoms with E-state index in [0.717, 1.165) is 11.3 Å². The average Bonchev–Trinajstić information content (AvgIpc) is 2.89. The summed E-state index contributed by atoms with van der Waals surface area (Å²) >= 11 is 12.1. The van der Waals surface area contributed by atoms with E-state index in [0.29, 0.717) is 22.5 Å². The van der Waals surface area contributed by atoms with E-state index in [1.807, 2.05) is 23.1 Å². The molecule has 2 heterocycles. The molecule has 1 N–H and O–H groups in total. The smallest absolute Gasteiger partial charge is 0.325 e. The molecule has 1 aliphatic rings. The van der Waals surface area contributed by atoms with Gasteiger partial charge < -0.3 is 15.0 Å². The maximum Gasteiger partial charge on any atom is 0.325 e. The summed E-state index contributed by atoms with van der Waals surface area (Å²) in [5.74, 6) is 0.420. The Kier molecular flexibility index (Phi) is 4.59. The van der Waals surface area contributed by atoms with Crippen molar-refractivity contribution in [3.8, 4) is 0 Å². The molecule has 1 aromatic carbocycles. The van der Waals surface area contributed by atoms with Gasteiger partial charge in [0.05, 0.1) is 22.3 Å². The summed E-state index contributed by atoms with van der Waals surface area (Å²) in [5, 5.41) is 4.25. The first kappa shape index (κ1) is 15.9. The second-order valence-corrected chi connectivity index (χ2v) is 5.84. The minimum Gasteiger partial charge on any atom is -0.465 e. The van der Waals surface area contributed by atoms with Crippen LogP contribution in [0, 0.1) is 0 Å². The minimum atomic E-state index is -0.295. The number of hydrogen-bond donors (Lipinski definition) is 1. The molecule has 1 aromatic heterocycles. The van der Waals surface area contributed by atoms with Crippen LogP contribution in [0.2, 0.25) is 10.0 Å². The summed E-state index contributed by atoms with van der Waals surface area (Å²) in [7, 11) is 0. The number of ether oxygens (including phenoxy) is 1. The molecule has 23 heavy (non-hydrogen) atoms. The summed E-state index contributed by atoms with van der Waals surface area (Å²) in [4.78, 5) is 18.2. The molecule has 0 radical (unpaired) electrons. The Hall–Kier alpha value is -1.98. The van der Waals surface area contributed by atoms with E-state index in [-0.39, 0.29) is 18.7 Å². The number of benzene rings is 1. The molecular weight excluding hydrogens is 337 g/mol. The van der Waals surface area contributed by atoms with Gasteiger partial charge in [0, 0.05) is 6.20 Å². The summed E-state index contributed by atoms with van der Waals surface area (Å²) < 4.78 is 5.07. The van der Waals surface area contributed by atoms with Gasteiger partial charge in [-0.2, -0.15) is 0 Å². The van der Waals surface area contributed by atoms with Gasteiger partial charge >= 0.3 is 5.97 Å². The zero-order valence-corrected chi connectivity index (χ0v) is 13.9. The van der Waals surface area contributed by atoms with Crippen molar-refractivity contribution in [1.82, 2.24) is 4.98 Å². The van der Waals surface area contributed by atoms with Gasteiger partial charge in [0.2, 0.25) is 0 Å². The van der Waals surface area contributed by atoms with Crippen molar-refractivity contribution in [3.63, 3.8) is 0 Å². The zero-order valence-electron chi connectivity index (χ0n) is 12.4. The van der Waals surface area contributed by atoms with E-state index in [2.05, 4.69) is 10.3 Å². The minimum absolute atomic E-state index is 0.116. The van der Waals surface area contributed by atoms with Crippen LogP contribution in [0.5, 0.6) is 0 Å². The van der Waals surface area contributed by atoms with E-state index in [4.69, 9.17) is 27.9 Å². The van der Waals surface area contributed by atoms with Gasteiger partial charge in [0.15, 0.2) is 5.82 Å². The topological polar surface area (TPSA) is 54.5 Å². The number of pyridine rings is 1. The molecule has 120 valence electrons. The Morgan fingerprint density at radius 3 is 2.91 bits per heavy atom. The number of carbonyl (C=O) groups is 1. The lowest BCUT2D eigenvalue weighted by atomic mass is 10.1. The molecule has 0 saturated carbocycles. The predicted octanol–water partition coefficient (Wildman–Crippen LogP) is 3.88. The van der Waals surface area contributed by atoms with E-state index in [1.54, 1.807) is 25.3 Å². The van der Waals surface area contributed by atoms with Crippen LogP contribution in [0.1, 0.15) is 18.7 Å². The zero-order chi connectivity index (χ0) is 16.4. The molecule has 1 unspecified atom stereocenters. The first-order valence-corrected chi connectivity index (χ1v) is 7.94. The van der Waals surface area contributed by atoms with Gasteiger partial charge in [0.1, 0.15) is 12.7 Å². The fourth-order valence-corrected chi connectivity index (χ4v) is 2.86. The Labute approximate surface area is 144 Å². The number of rotatable bonds is 4. The molecule has 0 saturated heterocycles. The number of aromatic nitrogens is 1. The van der Waals surface area contributed by atoms with E-state index in [1.165, 1.54) is 0 Å². The first-order chi connectivity index (χ1) is 11.1. The Bertz CT molecular complexity index is 739. The van der Waals surface area contributed by atoms with Crippen LogP contribution < -0.4 is 10.2 Å². The quantitative estimate of drug-likeness (QED) is 0.847. The fraction of sp³-hybridized carbons (Fsp3) is 0.250. The SMILES string of the molecule is CCOC(=O)CN1c2cccnc2NC1c1ccc(Cl)c(Cl)c1.